The molecule has 0 spiro atoms. The van der Waals surface area contributed by atoms with Crippen molar-refractivity contribution in [2.75, 3.05) is 19.5 Å². The Kier molecular flexibility index (Phi) is 4.76. The van der Waals surface area contributed by atoms with Gasteiger partial charge < -0.3 is 24.8 Å². The molecule has 28 heavy (non-hydrogen) atoms. The molecule has 0 amide bonds. The second-order valence-corrected chi connectivity index (χ2v) is 6.48. The number of ether oxygens (including phenoxy) is 2. The summed E-state index contributed by atoms with van der Waals surface area (Å²) in [5.41, 5.74) is 5.26. The number of anilines is 2. The maximum atomic E-state index is 11.7. The van der Waals surface area contributed by atoms with E-state index in [1.54, 1.807) is 14.2 Å². The lowest BCUT2D eigenvalue weighted by Gasteiger charge is -2.15. The number of fused-ring (bicyclic) bond motifs is 1. The number of aromatic amines is 2. The highest BCUT2D eigenvalue weighted by Crippen LogP contribution is 2.31. The Morgan fingerprint density at radius 3 is 2.32 bits per heavy atom. The van der Waals surface area contributed by atoms with Crippen molar-refractivity contribution in [1.82, 2.24) is 9.97 Å². The highest BCUT2D eigenvalue weighted by atomic mass is 16.5. The van der Waals surface area contributed by atoms with Crippen LogP contribution in [0, 0.1) is 0 Å². The van der Waals surface area contributed by atoms with Crippen molar-refractivity contribution in [3.63, 3.8) is 0 Å². The highest BCUT2D eigenvalue weighted by Gasteiger charge is 2.12. The molecule has 0 fully saturated rings. The highest BCUT2D eigenvalue weighted by molar-refractivity contribution is 5.83. The van der Waals surface area contributed by atoms with Crippen LogP contribution in [0.15, 0.2) is 65.5 Å². The van der Waals surface area contributed by atoms with Crippen molar-refractivity contribution in [2.45, 2.75) is 6.42 Å². The van der Waals surface area contributed by atoms with Crippen LogP contribution in [0.2, 0.25) is 0 Å². The Balaban J connectivity index is 1.78. The van der Waals surface area contributed by atoms with Crippen molar-refractivity contribution in [3.8, 4) is 11.5 Å². The van der Waals surface area contributed by atoms with Crippen LogP contribution >= 0.6 is 0 Å². The van der Waals surface area contributed by atoms with Crippen LogP contribution in [0.25, 0.3) is 11.0 Å². The summed E-state index contributed by atoms with van der Waals surface area (Å²) in [5.74, 6) is 1.50. The number of H-pyrrole nitrogens is 2. The van der Waals surface area contributed by atoms with Crippen molar-refractivity contribution in [2.24, 2.45) is 0 Å². The number of para-hydroxylation sites is 1. The smallest absolute Gasteiger partial charge is 0.323 e. The molecular weight excluding hydrogens is 354 g/mol. The van der Waals surface area contributed by atoms with E-state index in [-0.39, 0.29) is 5.69 Å². The molecule has 0 radical (unpaired) electrons. The fourth-order valence-electron chi connectivity index (χ4n) is 3.27. The summed E-state index contributed by atoms with van der Waals surface area (Å²) in [6.07, 6.45) is 0.630. The van der Waals surface area contributed by atoms with E-state index in [4.69, 9.17) is 9.47 Å². The van der Waals surface area contributed by atoms with Gasteiger partial charge in [-0.15, -0.1) is 0 Å². The van der Waals surface area contributed by atoms with Crippen molar-refractivity contribution in [3.05, 3.63) is 82.3 Å². The van der Waals surface area contributed by atoms with E-state index < -0.39 is 0 Å². The lowest BCUT2D eigenvalue weighted by Crippen LogP contribution is -2.00. The van der Waals surface area contributed by atoms with E-state index in [1.807, 2.05) is 60.7 Å². The predicted molar refractivity (Wildman–Crippen MR) is 111 cm³/mol. The van der Waals surface area contributed by atoms with Gasteiger partial charge in [0.25, 0.3) is 0 Å². The molecular formula is C22H21N3O3. The van der Waals surface area contributed by atoms with Gasteiger partial charge in [-0.3, -0.25) is 0 Å². The summed E-state index contributed by atoms with van der Waals surface area (Å²) in [5, 5.41) is 3.45. The third kappa shape index (κ3) is 3.57. The monoisotopic (exact) mass is 375 g/mol. The Hall–Kier alpha value is -3.67. The van der Waals surface area contributed by atoms with Crippen LogP contribution < -0.4 is 20.5 Å². The van der Waals surface area contributed by atoms with E-state index in [9.17, 15) is 4.79 Å². The van der Waals surface area contributed by atoms with Gasteiger partial charge in [0.2, 0.25) is 0 Å². The molecule has 142 valence electrons. The van der Waals surface area contributed by atoms with Gasteiger partial charge in [-0.25, -0.2) is 4.79 Å². The van der Waals surface area contributed by atoms with Gasteiger partial charge in [-0.2, -0.15) is 0 Å². The first kappa shape index (κ1) is 17.7. The number of methoxy groups -OCH3 is 2. The summed E-state index contributed by atoms with van der Waals surface area (Å²) < 4.78 is 10.8. The zero-order valence-electron chi connectivity index (χ0n) is 15.7. The fraction of sp³-hybridized carbons (Fsp3) is 0.136. The summed E-state index contributed by atoms with van der Waals surface area (Å²) in [6, 6.07) is 19.7. The molecule has 6 nitrogen and oxygen atoms in total. The summed E-state index contributed by atoms with van der Waals surface area (Å²) >= 11 is 0. The first-order chi connectivity index (χ1) is 13.7. The fourth-order valence-corrected chi connectivity index (χ4v) is 3.27. The summed E-state index contributed by atoms with van der Waals surface area (Å²) in [4.78, 5) is 17.4. The standard InChI is InChI=1S/C22H21N3O3/c1-27-17-9-8-14(21(12-17)28-2)10-15-11-19-20(25-22(26)24-19)13-18(15)23-16-6-4-3-5-7-16/h3-9,11-13,23H,10H2,1-2H3,(H2,24,25,26). The van der Waals surface area contributed by atoms with Crippen molar-refractivity contribution >= 4 is 22.4 Å². The molecule has 0 unspecified atom stereocenters. The van der Waals surface area contributed by atoms with Crippen LogP contribution in [-0.4, -0.2) is 24.2 Å². The molecule has 0 atom stereocenters. The average molecular weight is 375 g/mol. The normalized spacial score (nSPS) is 10.8. The van der Waals surface area contributed by atoms with Gasteiger partial charge in [-0.05, 0) is 41.5 Å². The topological polar surface area (TPSA) is 79.1 Å². The summed E-state index contributed by atoms with van der Waals surface area (Å²) in [7, 11) is 3.28. The lowest BCUT2D eigenvalue weighted by molar-refractivity contribution is 0.391. The molecule has 3 aromatic carbocycles. The molecule has 0 aliphatic rings. The molecule has 1 heterocycles. The van der Waals surface area contributed by atoms with Crippen LogP contribution in [0.3, 0.4) is 0 Å². The molecule has 0 bridgehead atoms. The number of aromatic nitrogens is 2. The number of rotatable bonds is 6. The van der Waals surface area contributed by atoms with Crippen molar-refractivity contribution in [1.29, 1.82) is 0 Å². The number of hydrogen-bond donors (Lipinski definition) is 3. The number of hydrogen-bond acceptors (Lipinski definition) is 4. The van der Waals surface area contributed by atoms with Crippen LogP contribution in [0.4, 0.5) is 11.4 Å². The number of nitrogens with one attached hydrogen (secondary N) is 3. The van der Waals surface area contributed by atoms with Crippen LogP contribution in [-0.2, 0) is 6.42 Å². The van der Waals surface area contributed by atoms with E-state index in [1.165, 1.54) is 0 Å². The Bertz CT molecular complexity index is 1160. The molecule has 1 aromatic heterocycles. The van der Waals surface area contributed by atoms with Gasteiger partial charge >= 0.3 is 5.69 Å². The number of imidazole rings is 1. The van der Waals surface area contributed by atoms with E-state index in [2.05, 4.69) is 15.3 Å². The first-order valence-corrected chi connectivity index (χ1v) is 8.94. The molecule has 4 aromatic rings. The summed E-state index contributed by atoms with van der Waals surface area (Å²) in [6.45, 7) is 0. The average Bonchev–Trinajstić information content (AvgIpc) is 3.08. The molecule has 4 rings (SSSR count). The Morgan fingerprint density at radius 2 is 1.61 bits per heavy atom. The largest absolute Gasteiger partial charge is 0.497 e. The SMILES string of the molecule is COc1ccc(Cc2cc3[nH]c(=O)[nH]c3cc2Nc2ccccc2)c(OC)c1. The third-order valence-electron chi connectivity index (χ3n) is 4.67. The van der Waals surface area contributed by atoms with Gasteiger partial charge in [0.15, 0.2) is 0 Å². The molecule has 3 N–H and O–H groups in total. The molecule has 0 aliphatic carbocycles. The van der Waals surface area contributed by atoms with Gasteiger partial charge in [0.1, 0.15) is 11.5 Å². The second kappa shape index (κ2) is 7.52. The van der Waals surface area contributed by atoms with Gasteiger partial charge in [0.05, 0.1) is 25.3 Å². The van der Waals surface area contributed by atoms with E-state index in [0.717, 1.165) is 45.0 Å². The van der Waals surface area contributed by atoms with Gasteiger partial charge in [-0.1, -0.05) is 24.3 Å². The molecule has 0 saturated carbocycles. The molecule has 0 aliphatic heterocycles. The second-order valence-electron chi connectivity index (χ2n) is 6.48. The Labute approximate surface area is 162 Å². The Morgan fingerprint density at radius 1 is 0.857 bits per heavy atom. The maximum Gasteiger partial charge on any atom is 0.323 e. The minimum atomic E-state index is -0.222. The number of benzene rings is 3. The minimum absolute atomic E-state index is 0.222. The van der Waals surface area contributed by atoms with Gasteiger partial charge in [0, 0.05) is 23.9 Å². The molecule has 0 saturated heterocycles. The first-order valence-electron chi connectivity index (χ1n) is 8.94. The quantitative estimate of drug-likeness (QED) is 0.472. The maximum absolute atomic E-state index is 11.7. The van der Waals surface area contributed by atoms with E-state index in [0.29, 0.717) is 6.42 Å². The minimum Gasteiger partial charge on any atom is -0.497 e. The molecule has 6 heteroatoms. The van der Waals surface area contributed by atoms with Crippen LogP contribution in [0.5, 0.6) is 11.5 Å². The zero-order chi connectivity index (χ0) is 19.5. The lowest BCUT2D eigenvalue weighted by atomic mass is 10.0. The van der Waals surface area contributed by atoms with Crippen molar-refractivity contribution < 1.29 is 9.47 Å². The van der Waals surface area contributed by atoms with E-state index >= 15 is 0 Å². The van der Waals surface area contributed by atoms with Crippen LogP contribution in [0.1, 0.15) is 11.1 Å². The predicted octanol–water partition coefficient (Wildman–Crippen LogP) is 4.21. The third-order valence-corrected chi connectivity index (χ3v) is 4.67. The zero-order valence-corrected chi connectivity index (χ0v) is 15.7.